The third-order valence-corrected chi connectivity index (χ3v) is 5.94. The lowest BCUT2D eigenvalue weighted by molar-refractivity contribution is 0.508. The Labute approximate surface area is 191 Å². The largest absolute Gasteiger partial charge is 0.370 e. The summed E-state index contributed by atoms with van der Waals surface area (Å²) in [6.45, 7) is 3.58. The molecule has 2 heterocycles. The summed E-state index contributed by atoms with van der Waals surface area (Å²) in [4.78, 5) is 14.0. The van der Waals surface area contributed by atoms with Crippen molar-refractivity contribution in [3.05, 3.63) is 90.0 Å². The van der Waals surface area contributed by atoms with Crippen molar-refractivity contribution in [1.29, 1.82) is 0 Å². The van der Waals surface area contributed by atoms with Gasteiger partial charge in [-0.05, 0) is 36.2 Å². The van der Waals surface area contributed by atoms with Gasteiger partial charge in [0.05, 0.1) is 5.52 Å². The number of hydrogen-bond donors (Lipinski definition) is 1. The lowest BCUT2D eigenvalue weighted by Crippen LogP contribution is -2.32. The number of para-hydroxylation sites is 1. The first-order chi connectivity index (χ1) is 16.2. The van der Waals surface area contributed by atoms with E-state index in [1.807, 2.05) is 42.5 Å². The van der Waals surface area contributed by atoms with Crippen molar-refractivity contribution in [1.82, 2.24) is 9.97 Å². The van der Waals surface area contributed by atoms with Crippen molar-refractivity contribution < 1.29 is 8.78 Å². The van der Waals surface area contributed by atoms with E-state index in [9.17, 15) is 8.78 Å². The van der Waals surface area contributed by atoms with E-state index >= 15 is 0 Å². The quantitative estimate of drug-likeness (QED) is 0.455. The molecule has 5 rings (SSSR count). The molecule has 1 saturated heterocycles. The molecule has 0 bridgehead atoms. The Morgan fingerprint density at radius 2 is 1.52 bits per heavy atom. The zero-order valence-electron chi connectivity index (χ0n) is 18.2. The molecular weight excluding hydrogens is 420 g/mol. The third kappa shape index (κ3) is 4.72. The van der Waals surface area contributed by atoms with E-state index in [4.69, 9.17) is 9.97 Å². The number of rotatable bonds is 5. The molecule has 0 spiro atoms. The molecule has 1 N–H and O–H groups in total. The topological polar surface area (TPSA) is 44.3 Å². The molecule has 3 aromatic carbocycles. The molecule has 1 aliphatic heterocycles. The molecule has 0 saturated carbocycles. The first-order valence-electron chi connectivity index (χ1n) is 11.2. The van der Waals surface area contributed by atoms with Crippen LogP contribution in [0.5, 0.6) is 0 Å². The van der Waals surface area contributed by atoms with Crippen LogP contribution in [0.15, 0.2) is 72.8 Å². The lowest BCUT2D eigenvalue weighted by atomic mass is 10.2. The van der Waals surface area contributed by atoms with Gasteiger partial charge in [0, 0.05) is 49.9 Å². The Balaban J connectivity index is 1.38. The van der Waals surface area contributed by atoms with Gasteiger partial charge in [0.15, 0.2) is 11.6 Å². The zero-order chi connectivity index (χ0) is 22.6. The second-order valence-corrected chi connectivity index (χ2v) is 8.15. The maximum absolute atomic E-state index is 13.7. The van der Waals surface area contributed by atoms with Crippen LogP contribution in [0, 0.1) is 11.6 Å². The van der Waals surface area contributed by atoms with E-state index in [1.165, 1.54) is 17.7 Å². The van der Waals surface area contributed by atoms with Crippen LogP contribution in [-0.4, -0.2) is 36.1 Å². The number of anilines is 3. The van der Waals surface area contributed by atoms with Gasteiger partial charge in [-0.25, -0.2) is 13.8 Å². The van der Waals surface area contributed by atoms with Crippen molar-refractivity contribution in [2.45, 2.75) is 13.0 Å². The SMILES string of the molecule is Fc1ccc(N2CCCN(c3nc(NCc4ccccc4)c4ccccc4n3)CC2)cc1F. The van der Waals surface area contributed by atoms with Gasteiger partial charge < -0.3 is 15.1 Å². The van der Waals surface area contributed by atoms with Gasteiger partial charge in [-0.2, -0.15) is 4.98 Å². The molecule has 33 heavy (non-hydrogen) atoms. The fraction of sp³-hybridized carbons (Fsp3) is 0.231. The molecule has 0 atom stereocenters. The molecule has 4 aromatic rings. The average Bonchev–Trinajstić information content (AvgIpc) is 3.11. The van der Waals surface area contributed by atoms with Crippen LogP contribution in [-0.2, 0) is 6.54 Å². The fourth-order valence-electron chi connectivity index (χ4n) is 4.18. The predicted molar refractivity (Wildman–Crippen MR) is 129 cm³/mol. The highest BCUT2D eigenvalue weighted by Gasteiger charge is 2.20. The summed E-state index contributed by atoms with van der Waals surface area (Å²) >= 11 is 0. The molecule has 168 valence electrons. The van der Waals surface area contributed by atoms with E-state index in [2.05, 4.69) is 27.2 Å². The highest BCUT2D eigenvalue weighted by molar-refractivity contribution is 5.90. The van der Waals surface area contributed by atoms with Crippen molar-refractivity contribution in [3.63, 3.8) is 0 Å². The summed E-state index contributed by atoms with van der Waals surface area (Å²) in [5, 5.41) is 4.46. The molecule has 1 aliphatic rings. The smallest absolute Gasteiger partial charge is 0.227 e. The summed E-state index contributed by atoms with van der Waals surface area (Å²) in [7, 11) is 0. The average molecular weight is 446 g/mol. The predicted octanol–water partition coefficient (Wildman–Crippen LogP) is 5.24. The van der Waals surface area contributed by atoms with Crippen LogP contribution in [0.4, 0.5) is 26.2 Å². The summed E-state index contributed by atoms with van der Waals surface area (Å²) in [5.74, 6) is -0.159. The van der Waals surface area contributed by atoms with Gasteiger partial charge in [0.25, 0.3) is 0 Å². The second-order valence-electron chi connectivity index (χ2n) is 8.15. The minimum atomic E-state index is -0.824. The van der Waals surface area contributed by atoms with Gasteiger partial charge in [-0.15, -0.1) is 0 Å². The Bertz CT molecular complexity index is 1250. The van der Waals surface area contributed by atoms with Gasteiger partial charge in [0.1, 0.15) is 5.82 Å². The highest BCUT2D eigenvalue weighted by Crippen LogP contribution is 2.26. The summed E-state index contributed by atoms with van der Waals surface area (Å²) in [5.41, 5.74) is 2.76. The monoisotopic (exact) mass is 445 g/mol. The number of nitrogens with zero attached hydrogens (tertiary/aromatic N) is 4. The van der Waals surface area contributed by atoms with Crippen LogP contribution < -0.4 is 15.1 Å². The number of fused-ring (bicyclic) bond motifs is 1. The zero-order valence-corrected chi connectivity index (χ0v) is 18.2. The fourth-order valence-corrected chi connectivity index (χ4v) is 4.18. The molecule has 0 amide bonds. The lowest BCUT2D eigenvalue weighted by Gasteiger charge is -2.24. The van der Waals surface area contributed by atoms with E-state index in [0.29, 0.717) is 31.3 Å². The van der Waals surface area contributed by atoms with Crippen molar-refractivity contribution in [2.24, 2.45) is 0 Å². The van der Waals surface area contributed by atoms with Gasteiger partial charge >= 0.3 is 0 Å². The van der Waals surface area contributed by atoms with Crippen LogP contribution in [0.1, 0.15) is 12.0 Å². The second kappa shape index (κ2) is 9.40. The minimum Gasteiger partial charge on any atom is -0.370 e. The third-order valence-electron chi connectivity index (χ3n) is 5.94. The van der Waals surface area contributed by atoms with Gasteiger partial charge in [-0.3, -0.25) is 0 Å². The molecule has 7 heteroatoms. The van der Waals surface area contributed by atoms with Crippen molar-refractivity contribution in [3.8, 4) is 0 Å². The minimum absolute atomic E-state index is 0.672. The Kier molecular flexibility index (Phi) is 6.02. The Morgan fingerprint density at radius 3 is 2.36 bits per heavy atom. The van der Waals surface area contributed by atoms with E-state index in [0.717, 1.165) is 36.2 Å². The number of nitrogens with one attached hydrogen (secondary N) is 1. The van der Waals surface area contributed by atoms with Crippen molar-refractivity contribution in [2.75, 3.05) is 41.3 Å². The van der Waals surface area contributed by atoms with Crippen LogP contribution in [0.3, 0.4) is 0 Å². The maximum atomic E-state index is 13.7. The first kappa shape index (κ1) is 21.1. The molecule has 5 nitrogen and oxygen atoms in total. The molecule has 1 fully saturated rings. The summed E-state index contributed by atoms with van der Waals surface area (Å²) in [6.07, 6.45) is 0.863. The van der Waals surface area contributed by atoms with E-state index < -0.39 is 11.6 Å². The number of benzene rings is 3. The standard InChI is InChI=1S/C26H25F2N5/c27-22-12-11-20(17-23(22)28)32-13-6-14-33(16-15-32)26-30-24-10-5-4-9-21(24)25(31-26)29-18-19-7-2-1-3-8-19/h1-5,7-12,17H,6,13-16,18H2,(H,29,30,31). The van der Waals surface area contributed by atoms with Crippen LogP contribution >= 0.6 is 0 Å². The maximum Gasteiger partial charge on any atom is 0.227 e. The van der Waals surface area contributed by atoms with Crippen LogP contribution in [0.2, 0.25) is 0 Å². The molecule has 1 aromatic heterocycles. The molecule has 0 aliphatic carbocycles. The first-order valence-corrected chi connectivity index (χ1v) is 11.2. The number of aromatic nitrogens is 2. The van der Waals surface area contributed by atoms with E-state index in [1.54, 1.807) is 6.07 Å². The molecule has 0 radical (unpaired) electrons. The van der Waals surface area contributed by atoms with E-state index in [-0.39, 0.29) is 0 Å². The summed E-state index contributed by atoms with van der Waals surface area (Å²) in [6, 6.07) is 22.3. The number of halogens is 2. The van der Waals surface area contributed by atoms with Gasteiger partial charge in [-0.1, -0.05) is 42.5 Å². The summed E-state index contributed by atoms with van der Waals surface area (Å²) < 4.78 is 27.1. The number of hydrogen-bond acceptors (Lipinski definition) is 5. The Morgan fingerprint density at radius 1 is 0.758 bits per heavy atom. The van der Waals surface area contributed by atoms with Crippen molar-refractivity contribution >= 4 is 28.4 Å². The normalized spacial score (nSPS) is 14.4. The van der Waals surface area contributed by atoms with Gasteiger partial charge in [0.2, 0.25) is 5.95 Å². The highest BCUT2D eigenvalue weighted by atomic mass is 19.2. The molecule has 0 unspecified atom stereocenters. The van der Waals surface area contributed by atoms with Crippen LogP contribution in [0.25, 0.3) is 10.9 Å². The Hall–Kier alpha value is -3.74. The molecular formula is C26H25F2N5.